The van der Waals surface area contributed by atoms with Crippen LogP contribution in [-0.2, 0) is 11.2 Å². The molecular weight excluding hydrogens is 463 g/mol. The molecule has 0 radical (unpaired) electrons. The van der Waals surface area contributed by atoms with Crippen LogP contribution < -0.4 is 10.6 Å². The molecule has 0 saturated carbocycles. The Morgan fingerprint density at radius 1 is 0.939 bits per heavy atom. The number of carbonyl (C=O) groups is 2. The van der Waals surface area contributed by atoms with Crippen molar-refractivity contribution < 1.29 is 14.0 Å². The Labute approximate surface area is 198 Å². The first kappa shape index (κ1) is 22.6. The molecule has 1 aromatic heterocycles. The van der Waals surface area contributed by atoms with Crippen molar-refractivity contribution in [2.45, 2.75) is 12.5 Å². The van der Waals surface area contributed by atoms with Gasteiger partial charge in [-0.15, -0.1) is 10.2 Å². The molecule has 1 atom stereocenters. The monoisotopic (exact) mass is 480 g/mol. The van der Waals surface area contributed by atoms with Gasteiger partial charge in [0.2, 0.25) is 11.0 Å². The quantitative estimate of drug-likeness (QED) is 0.391. The lowest BCUT2D eigenvalue weighted by Crippen LogP contribution is -2.45. The Morgan fingerprint density at radius 2 is 1.64 bits per heavy atom. The molecule has 2 N–H and O–H groups in total. The highest BCUT2D eigenvalue weighted by Crippen LogP contribution is 2.26. The van der Waals surface area contributed by atoms with Gasteiger partial charge in [0.1, 0.15) is 16.9 Å². The summed E-state index contributed by atoms with van der Waals surface area (Å²) in [4.78, 5) is 25.8. The van der Waals surface area contributed by atoms with Gasteiger partial charge < -0.3 is 5.32 Å². The van der Waals surface area contributed by atoms with Gasteiger partial charge in [0.05, 0.1) is 0 Å². The molecule has 2 amide bonds. The number of hydrogen-bond donors (Lipinski definition) is 2. The lowest BCUT2D eigenvalue weighted by atomic mass is 10.0. The number of halogens is 2. The lowest BCUT2D eigenvalue weighted by Gasteiger charge is -2.18. The summed E-state index contributed by atoms with van der Waals surface area (Å²) in [5.41, 5.74) is 1.96. The van der Waals surface area contributed by atoms with E-state index in [1.165, 1.54) is 12.1 Å². The average Bonchev–Trinajstić information content (AvgIpc) is 3.28. The Bertz CT molecular complexity index is 1250. The number of aromatic nitrogens is 2. The number of rotatable bonds is 7. The number of benzene rings is 3. The predicted molar refractivity (Wildman–Crippen MR) is 127 cm³/mol. The first-order valence-electron chi connectivity index (χ1n) is 9.98. The topological polar surface area (TPSA) is 84.0 Å². The van der Waals surface area contributed by atoms with E-state index in [-0.39, 0.29) is 17.4 Å². The summed E-state index contributed by atoms with van der Waals surface area (Å²) in [6.45, 7) is 0. The van der Waals surface area contributed by atoms with E-state index in [0.29, 0.717) is 21.2 Å². The Hall–Kier alpha value is -3.62. The Balaban J connectivity index is 1.50. The van der Waals surface area contributed by atoms with E-state index in [9.17, 15) is 14.0 Å². The van der Waals surface area contributed by atoms with Crippen LogP contribution in [0.3, 0.4) is 0 Å². The number of hydrogen-bond acceptors (Lipinski definition) is 5. The third kappa shape index (κ3) is 6.00. The molecule has 0 bridgehead atoms. The van der Waals surface area contributed by atoms with Crippen LogP contribution in [-0.4, -0.2) is 28.1 Å². The van der Waals surface area contributed by atoms with Crippen molar-refractivity contribution in [1.82, 2.24) is 15.5 Å². The van der Waals surface area contributed by atoms with E-state index in [1.54, 1.807) is 36.4 Å². The standard InChI is InChI=1S/C24H18ClFN4O2S/c25-18-10-6-16(7-11-18)21(31)27-20(14-15-4-2-1-3-5-15)22(32)28-24-30-29-23(33-24)17-8-12-19(26)13-9-17/h1-13,20H,14H2,(H,27,31)(H,28,30,32). The molecule has 3 aromatic carbocycles. The molecule has 166 valence electrons. The molecule has 0 aliphatic rings. The van der Waals surface area contributed by atoms with E-state index >= 15 is 0 Å². The van der Waals surface area contributed by atoms with Gasteiger partial charge in [-0.05, 0) is 54.1 Å². The number of carbonyl (C=O) groups excluding carboxylic acids is 2. The molecule has 0 saturated heterocycles. The maximum atomic E-state index is 13.2. The van der Waals surface area contributed by atoms with Gasteiger partial charge in [0.25, 0.3) is 5.91 Å². The SMILES string of the molecule is O=C(NC(Cc1ccccc1)C(=O)Nc1nnc(-c2ccc(F)cc2)s1)c1ccc(Cl)cc1. The summed E-state index contributed by atoms with van der Waals surface area (Å²) in [7, 11) is 0. The van der Waals surface area contributed by atoms with Crippen LogP contribution in [0.5, 0.6) is 0 Å². The zero-order valence-electron chi connectivity index (χ0n) is 17.2. The van der Waals surface area contributed by atoms with Crippen LogP contribution >= 0.6 is 22.9 Å². The van der Waals surface area contributed by atoms with E-state index < -0.39 is 17.9 Å². The van der Waals surface area contributed by atoms with E-state index in [0.717, 1.165) is 16.9 Å². The highest BCUT2D eigenvalue weighted by Gasteiger charge is 2.23. The number of anilines is 1. The molecule has 0 aliphatic heterocycles. The number of amides is 2. The van der Waals surface area contributed by atoms with Crippen LogP contribution in [0.25, 0.3) is 10.6 Å². The van der Waals surface area contributed by atoms with Crippen LogP contribution in [0.2, 0.25) is 5.02 Å². The smallest absolute Gasteiger partial charge is 0.251 e. The molecule has 0 aliphatic carbocycles. The molecule has 0 fully saturated rings. The molecule has 1 heterocycles. The second-order valence-corrected chi connectivity index (χ2v) is 8.55. The number of nitrogens with one attached hydrogen (secondary N) is 2. The van der Waals surface area contributed by atoms with Crippen LogP contribution in [0.1, 0.15) is 15.9 Å². The fourth-order valence-electron chi connectivity index (χ4n) is 3.08. The molecule has 6 nitrogen and oxygen atoms in total. The van der Waals surface area contributed by atoms with Crippen LogP contribution in [0.4, 0.5) is 9.52 Å². The van der Waals surface area contributed by atoms with Crippen molar-refractivity contribution in [3.05, 3.63) is 101 Å². The molecule has 1 unspecified atom stereocenters. The largest absolute Gasteiger partial charge is 0.340 e. The Kier molecular flexibility index (Phi) is 7.07. The van der Waals surface area contributed by atoms with Crippen molar-refractivity contribution in [3.63, 3.8) is 0 Å². The third-order valence-corrected chi connectivity index (χ3v) is 5.90. The predicted octanol–water partition coefficient (Wildman–Crippen LogP) is 4.98. The summed E-state index contributed by atoms with van der Waals surface area (Å²) in [6.07, 6.45) is 0.287. The van der Waals surface area contributed by atoms with Gasteiger partial charge in [0, 0.05) is 22.6 Å². The second-order valence-electron chi connectivity index (χ2n) is 7.13. The zero-order valence-corrected chi connectivity index (χ0v) is 18.7. The third-order valence-electron chi connectivity index (χ3n) is 4.76. The first-order chi connectivity index (χ1) is 16.0. The van der Waals surface area contributed by atoms with Crippen molar-refractivity contribution in [2.75, 3.05) is 5.32 Å². The van der Waals surface area contributed by atoms with Crippen molar-refractivity contribution in [1.29, 1.82) is 0 Å². The maximum Gasteiger partial charge on any atom is 0.251 e. The maximum absolute atomic E-state index is 13.2. The van der Waals surface area contributed by atoms with Gasteiger partial charge in [0.15, 0.2) is 0 Å². The van der Waals surface area contributed by atoms with Crippen LogP contribution in [0.15, 0.2) is 78.9 Å². The molecule has 9 heteroatoms. The molecule has 4 aromatic rings. The summed E-state index contributed by atoms with van der Waals surface area (Å²) >= 11 is 7.05. The van der Waals surface area contributed by atoms with Gasteiger partial charge in [-0.2, -0.15) is 0 Å². The highest BCUT2D eigenvalue weighted by molar-refractivity contribution is 7.18. The van der Waals surface area contributed by atoms with Gasteiger partial charge >= 0.3 is 0 Å². The van der Waals surface area contributed by atoms with Gasteiger partial charge in [-0.3, -0.25) is 14.9 Å². The number of nitrogens with zero attached hydrogens (tertiary/aromatic N) is 2. The first-order valence-corrected chi connectivity index (χ1v) is 11.2. The zero-order chi connectivity index (χ0) is 23.2. The average molecular weight is 481 g/mol. The summed E-state index contributed by atoms with van der Waals surface area (Å²) < 4.78 is 13.2. The fourth-order valence-corrected chi connectivity index (χ4v) is 3.96. The molecule has 0 spiro atoms. The van der Waals surface area contributed by atoms with E-state index in [2.05, 4.69) is 20.8 Å². The normalized spacial score (nSPS) is 11.6. The van der Waals surface area contributed by atoms with Gasteiger partial charge in [-0.25, -0.2) is 4.39 Å². The van der Waals surface area contributed by atoms with Crippen molar-refractivity contribution >= 4 is 39.9 Å². The minimum atomic E-state index is -0.853. The molecule has 4 rings (SSSR count). The second kappa shape index (κ2) is 10.3. The van der Waals surface area contributed by atoms with Crippen molar-refractivity contribution in [2.24, 2.45) is 0 Å². The van der Waals surface area contributed by atoms with Crippen LogP contribution in [0, 0.1) is 5.82 Å². The lowest BCUT2D eigenvalue weighted by molar-refractivity contribution is -0.118. The Morgan fingerprint density at radius 3 is 2.33 bits per heavy atom. The summed E-state index contributed by atoms with van der Waals surface area (Å²) in [6, 6.07) is 20.8. The van der Waals surface area contributed by atoms with Crippen molar-refractivity contribution in [3.8, 4) is 10.6 Å². The van der Waals surface area contributed by atoms with E-state index in [4.69, 9.17) is 11.6 Å². The molecular formula is C24H18ClFN4O2S. The molecule has 33 heavy (non-hydrogen) atoms. The summed E-state index contributed by atoms with van der Waals surface area (Å²) in [5.74, 6) is -1.17. The highest BCUT2D eigenvalue weighted by atomic mass is 35.5. The minimum Gasteiger partial charge on any atom is -0.340 e. The summed E-state index contributed by atoms with van der Waals surface area (Å²) in [5, 5.41) is 14.9. The van der Waals surface area contributed by atoms with E-state index in [1.807, 2.05) is 30.3 Å². The minimum absolute atomic E-state index is 0.276. The van der Waals surface area contributed by atoms with Gasteiger partial charge in [-0.1, -0.05) is 53.3 Å². The fraction of sp³-hybridized carbons (Fsp3) is 0.0833.